The summed E-state index contributed by atoms with van der Waals surface area (Å²) in [6.45, 7) is 1.43. The normalized spacial score (nSPS) is 10.6. The van der Waals surface area contributed by atoms with Crippen LogP contribution in [-0.4, -0.2) is 17.0 Å². The lowest BCUT2D eigenvalue weighted by Crippen LogP contribution is -2.12. The van der Waals surface area contributed by atoms with Crippen LogP contribution in [0.3, 0.4) is 0 Å². The molecule has 0 bridgehead atoms. The summed E-state index contributed by atoms with van der Waals surface area (Å²) in [4.78, 5) is 23.9. The standard InChI is InChI=1S/C22H17N3O3/c1-14(26)23-17-8-5-9-18(13-17)24-22(27)16-10-11-20-19(12-16)21(28-25-20)15-6-3-2-4-7-15/h2-13H,1H3,(H,23,26)(H,24,27). The number of aromatic nitrogens is 1. The van der Waals surface area contributed by atoms with Crippen molar-refractivity contribution in [2.75, 3.05) is 10.6 Å². The van der Waals surface area contributed by atoms with Crippen molar-refractivity contribution in [3.63, 3.8) is 0 Å². The predicted molar refractivity (Wildman–Crippen MR) is 108 cm³/mol. The van der Waals surface area contributed by atoms with Crippen molar-refractivity contribution >= 4 is 34.1 Å². The summed E-state index contributed by atoms with van der Waals surface area (Å²) in [5.41, 5.74) is 3.27. The molecule has 0 fully saturated rings. The van der Waals surface area contributed by atoms with Gasteiger partial charge in [-0.3, -0.25) is 9.59 Å². The van der Waals surface area contributed by atoms with E-state index in [0.29, 0.717) is 28.2 Å². The molecule has 138 valence electrons. The Morgan fingerprint density at radius 2 is 1.61 bits per heavy atom. The van der Waals surface area contributed by atoms with Gasteiger partial charge in [0.25, 0.3) is 5.91 Å². The van der Waals surface area contributed by atoms with E-state index in [1.165, 1.54) is 6.92 Å². The average molecular weight is 371 g/mol. The summed E-state index contributed by atoms with van der Waals surface area (Å²) in [7, 11) is 0. The van der Waals surface area contributed by atoms with Crippen molar-refractivity contribution in [2.45, 2.75) is 6.92 Å². The van der Waals surface area contributed by atoms with Crippen LogP contribution in [-0.2, 0) is 4.79 Å². The molecule has 0 saturated heterocycles. The van der Waals surface area contributed by atoms with Crippen molar-refractivity contribution in [1.82, 2.24) is 5.16 Å². The monoisotopic (exact) mass is 371 g/mol. The molecule has 3 aromatic carbocycles. The lowest BCUT2D eigenvalue weighted by atomic mass is 10.1. The Kier molecular flexibility index (Phi) is 4.60. The maximum Gasteiger partial charge on any atom is 0.255 e. The van der Waals surface area contributed by atoms with Crippen molar-refractivity contribution in [2.24, 2.45) is 0 Å². The highest BCUT2D eigenvalue weighted by Crippen LogP contribution is 2.29. The number of hydrogen-bond acceptors (Lipinski definition) is 4. The Morgan fingerprint density at radius 3 is 2.36 bits per heavy atom. The Balaban J connectivity index is 1.62. The first-order valence-electron chi connectivity index (χ1n) is 8.74. The molecular formula is C22H17N3O3. The predicted octanol–water partition coefficient (Wildman–Crippen LogP) is 4.71. The van der Waals surface area contributed by atoms with Crippen molar-refractivity contribution in [3.8, 4) is 11.3 Å². The van der Waals surface area contributed by atoms with Gasteiger partial charge < -0.3 is 15.2 Å². The molecule has 0 radical (unpaired) electrons. The van der Waals surface area contributed by atoms with Gasteiger partial charge in [-0.05, 0) is 36.4 Å². The number of fused-ring (bicyclic) bond motifs is 1. The molecule has 2 amide bonds. The Labute approximate surface area is 161 Å². The van der Waals surface area contributed by atoms with Gasteiger partial charge >= 0.3 is 0 Å². The van der Waals surface area contributed by atoms with Crippen LogP contribution in [0.1, 0.15) is 17.3 Å². The Hall–Kier alpha value is -3.93. The van der Waals surface area contributed by atoms with Gasteiger partial charge in [-0.25, -0.2) is 0 Å². The van der Waals surface area contributed by atoms with Crippen LogP contribution in [0.5, 0.6) is 0 Å². The van der Waals surface area contributed by atoms with E-state index in [9.17, 15) is 9.59 Å². The van der Waals surface area contributed by atoms with Crippen LogP contribution in [0.4, 0.5) is 11.4 Å². The fourth-order valence-electron chi connectivity index (χ4n) is 2.96. The van der Waals surface area contributed by atoms with Gasteiger partial charge in [0.1, 0.15) is 5.52 Å². The number of hydrogen-bond donors (Lipinski definition) is 2. The van der Waals surface area contributed by atoms with Gasteiger partial charge in [0.2, 0.25) is 5.91 Å². The fourth-order valence-corrected chi connectivity index (χ4v) is 2.96. The number of rotatable bonds is 4. The first kappa shape index (κ1) is 17.5. The third-order valence-corrected chi connectivity index (χ3v) is 4.22. The highest BCUT2D eigenvalue weighted by Gasteiger charge is 2.14. The molecule has 0 aliphatic heterocycles. The third kappa shape index (κ3) is 3.61. The van der Waals surface area contributed by atoms with E-state index in [4.69, 9.17) is 4.52 Å². The number of carbonyl (C=O) groups excluding carboxylic acids is 2. The molecule has 1 aromatic heterocycles. The molecular weight excluding hydrogens is 354 g/mol. The van der Waals surface area contributed by atoms with Crippen molar-refractivity contribution < 1.29 is 14.1 Å². The molecule has 0 saturated carbocycles. The zero-order valence-electron chi connectivity index (χ0n) is 15.1. The molecule has 0 aliphatic carbocycles. The largest absolute Gasteiger partial charge is 0.355 e. The minimum absolute atomic E-state index is 0.171. The Morgan fingerprint density at radius 1 is 0.857 bits per heavy atom. The first-order valence-corrected chi connectivity index (χ1v) is 8.74. The number of nitrogens with zero attached hydrogens (tertiary/aromatic N) is 1. The van der Waals surface area contributed by atoms with Crippen LogP contribution < -0.4 is 10.6 Å². The maximum atomic E-state index is 12.7. The SMILES string of the molecule is CC(=O)Nc1cccc(NC(=O)c2ccc3noc(-c4ccccc4)c3c2)c1. The molecule has 6 nitrogen and oxygen atoms in total. The molecule has 4 rings (SSSR count). The van der Waals surface area contributed by atoms with E-state index in [2.05, 4.69) is 15.8 Å². The van der Waals surface area contributed by atoms with Crippen LogP contribution in [0, 0.1) is 0 Å². The van der Waals surface area contributed by atoms with Gasteiger partial charge in [0.15, 0.2) is 5.76 Å². The highest BCUT2D eigenvalue weighted by molar-refractivity contribution is 6.07. The summed E-state index contributed by atoms with van der Waals surface area (Å²) in [5.74, 6) is 0.190. The van der Waals surface area contributed by atoms with E-state index in [1.54, 1.807) is 42.5 Å². The summed E-state index contributed by atoms with van der Waals surface area (Å²) in [6, 6.07) is 21.8. The van der Waals surface area contributed by atoms with E-state index < -0.39 is 0 Å². The minimum atomic E-state index is -0.262. The molecule has 0 atom stereocenters. The molecule has 2 N–H and O–H groups in total. The quantitative estimate of drug-likeness (QED) is 0.544. The van der Waals surface area contributed by atoms with Gasteiger partial charge in [-0.2, -0.15) is 0 Å². The van der Waals surface area contributed by atoms with Crippen molar-refractivity contribution in [3.05, 3.63) is 78.4 Å². The summed E-state index contributed by atoms with van der Waals surface area (Å²) in [5, 5.41) is 10.4. The van der Waals surface area contributed by atoms with Crippen molar-refractivity contribution in [1.29, 1.82) is 0 Å². The van der Waals surface area contributed by atoms with Crippen LogP contribution in [0.15, 0.2) is 77.3 Å². The highest BCUT2D eigenvalue weighted by atomic mass is 16.5. The van der Waals surface area contributed by atoms with Crippen LogP contribution >= 0.6 is 0 Å². The van der Waals surface area contributed by atoms with Gasteiger partial charge in [0.05, 0.1) is 5.39 Å². The first-order chi connectivity index (χ1) is 13.6. The van der Waals surface area contributed by atoms with Gasteiger partial charge in [-0.1, -0.05) is 41.6 Å². The van der Waals surface area contributed by atoms with E-state index in [-0.39, 0.29) is 11.8 Å². The van der Waals surface area contributed by atoms with Crippen LogP contribution in [0.2, 0.25) is 0 Å². The second-order valence-corrected chi connectivity index (χ2v) is 6.33. The molecule has 6 heteroatoms. The molecule has 0 unspecified atom stereocenters. The lowest BCUT2D eigenvalue weighted by molar-refractivity contribution is -0.114. The minimum Gasteiger partial charge on any atom is -0.355 e. The molecule has 1 heterocycles. The van der Waals surface area contributed by atoms with E-state index in [0.717, 1.165) is 10.9 Å². The van der Waals surface area contributed by atoms with Gasteiger partial charge in [-0.15, -0.1) is 0 Å². The van der Waals surface area contributed by atoms with Gasteiger partial charge in [0, 0.05) is 29.4 Å². The second kappa shape index (κ2) is 7.36. The number of amides is 2. The van der Waals surface area contributed by atoms with Crippen LogP contribution in [0.25, 0.3) is 22.2 Å². The Bertz CT molecular complexity index is 1170. The summed E-state index contributed by atoms with van der Waals surface area (Å²) >= 11 is 0. The fraction of sp³-hybridized carbons (Fsp3) is 0.0455. The topological polar surface area (TPSA) is 84.2 Å². The average Bonchev–Trinajstić information content (AvgIpc) is 3.11. The summed E-state index contributed by atoms with van der Waals surface area (Å²) < 4.78 is 5.48. The third-order valence-electron chi connectivity index (χ3n) is 4.22. The second-order valence-electron chi connectivity index (χ2n) is 6.33. The molecule has 0 spiro atoms. The van der Waals surface area contributed by atoms with E-state index in [1.807, 2.05) is 30.3 Å². The maximum absolute atomic E-state index is 12.7. The number of anilines is 2. The zero-order valence-corrected chi connectivity index (χ0v) is 15.1. The number of carbonyl (C=O) groups is 2. The van der Waals surface area contributed by atoms with E-state index >= 15 is 0 Å². The summed E-state index contributed by atoms with van der Waals surface area (Å²) in [6.07, 6.45) is 0. The molecule has 0 aliphatic rings. The zero-order chi connectivity index (χ0) is 19.5. The number of benzene rings is 3. The molecule has 4 aromatic rings. The molecule has 28 heavy (non-hydrogen) atoms. The lowest BCUT2D eigenvalue weighted by Gasteiger charge is -2.08. The smallest absolute Gasteiger partial charge is 0.255 e. The number of nitrogens with one attached hydrogen (secondary N) is 2.